The van der Waals surface area contributed by atoms with Gasteiger partial charge in [-0.1, -0.05) is 0 Å². The molecule has 0 aromatic heterocycles. The highest BCUT2D eigenvalue weighted by Gasteiger charge is 2.38. The van der Waals surface area contributed by atoms with E-state index in [1.807, 2.05) is 0 Å². The van der Waals surface area contributed by atoms with Gasteiger partial charge in [-0.2, -0.15) is 0 Å². The van der Waals surface area contributed by atoms with Crippen LogP contribution in [0.15, 0.2) is 0 Å². The van der Waals surface area contributed by atoms with Crippen molar-refractivity contribution in [3.8, 4) is 0 Å². The molecule has 0 aliphatic heterocycles. The Morgan fingerprint density at radius 3 is 2.30 bits per heavy atom. The third-order valence-corrected chi connectivity index (χ3v) is 3.50. The second-order valence-electron chi connectivity index (χ2n) is 6.62. The molecule has 2 N–H and O–H groups in total. The van der Waals surface area contributed by atoms with Gasteiger partial charge in [-0.05, 0) is 46.5 Å². The Kier molecular flexibility index (Phi) is 5.35. The molecule has 0 aromatic carbocycles. The molecule has 20 heavy (non-hydrogen) atoms. The second-order valence-corrected chi connectivity index (χ2v) is 6.62. The van der Waals surface area contributed by atoms with Crippen LogP contribution in [0.25, 0.3) is 0 Å². The zero-order chi connectivity index (χ0) is 15.6. The van der Waals surface area contributed by atoms with E-state index in [2.05, 4.69) is 5.32 Å². The summed E-state index contributed by atoms with van der Waals surface area (Å²) >= 11 is 0. The normalized spacial score (nSPS) is 22.9. The van der Waals surface area contributed by atoms with Crippen molar-refractivity contribution in [1.29, 1.82) is 0 Å². The molecule has 1 rings (SSSR count). The lowest BCUT2D eigenvalue weighted by Crippen LogP contribution is -2.47. The van der Waals surface area contributed by atoms with Gasteiger partial charge in [-0.15, -0.1) is 0 Å². The van der Waals surface area contributed by atoms with Gasteiger partial charge in [0.2, 0.25) is 5.92 Å². The maximum Gasteiger partial charge on any atom is 0.407 e. The number of hydrogen-bond acceptors (Lipinski definition) is 3. The first kappa shape index (κ1) is 17.1. The van der Waals surface area contributed by atoms with E-state index in [1.165, 1.54) is 0 Å². The van der Waals surface area contributed by atoms with Gasteiger partial charge in [0.25, 0.3) is 0 Å². The Hall–Kier alpha value is -0.910. The van der Waals surface area contributed by atoms with Gasteiger partial charge in [-0.3, -0.25) is 0 Å². The van der Waals surface area contributed by atoms with Crippen molar-refractivity contribution in [1.82, 2.24) is 5.32 Å². The Labute approximate surface area is 118 Å². The molecule has 1 fully saturated rings. The molecule has 0 heterocycles. The fraction of sp³-hybridized carbons (Fsp3) is 0.929. The number of aliphatic hydroxyl groups excluding tert-OH is 1. The minimum Gasteiger partial charge on any atom is -0.444 e. The summed E-state index contributed by atoms with van der Waals surface area (Å²) < 4.78 is 31.2. The van der Waals surface area contributed by atoms with Gasteiger partial charge >= 0.3 is 6.09 Å². The lowest BCUT2D eigenvalue weighted by Gasteiger charge is -2.34. The quantitative estimate of drug-likeness (QED) is 0.840. The van der Waals surface area contributed by atoms with Crippen LogP contribution in [-0.2, 0) is 4.74 Å². The van der Waals surface area contributed by atoms with Crippen LogP contribution in [0.3, 0.4) is 0 Å². The molecule has 2 atom stereocenters. The molecule has 1 aliphatic carbocycles. The van der Waals surface area contributed by atoms with Gasteiger partial charge in [0, 0.05) is 12.8 Å². The molecule has 0 bridgehead atoms. The number of hydrogen-bond donors (Lipinski definition) is 2. The number of carbonyl (C=O) groups is 1. The first-order valence-corrected chi connectivity index (χ1v) is 7.05. The van der Waals surface area contributed by atoms with Crippen molar-refractivity contribution in [2.24, 2.45) is 5.92 Å². The summed E-state index contributed by atoms with van der Waals surface area (Å²) in [7, 11) is 0. The highest BCUT2D eigenvalue weighted by atomic mass is 19.3. The fourth-order valence-electron chi connectivity index (χ4n) is 2.39. The topological polar surface area (TPSA) is 58.6 Å². The summed E-state index contributed by atoms with van der Waals surface area (Å²) in [6.07, 6.45) is -1.30. The Morgan fingerprint density at radius 1 is 1.35 bits per heavy atom. The van der Waals surface area contributed by atoms with Crippen LogP contribution < -0.4 is 5.32 Å². The number of nitrogens with one attached hydrogen (secondary N) is 1. The van der Waals surface area contributed by atoms with Gasteiger partial charge in [0.05, 0.1) is 12.1 Å². The molecule has 0 aromatic rings. The number of alkyl halides is 2. The molecule has 0 spiro atoms. The summed E-state index contributed by atoms with van der Waals surface area (Å²) in [6.45, 7) is 6.89. The van der Waals surface area contributed by atoms with Crippen molar-refractivity contribution in [2.75, 3.05) is 0 Å². The van der Waals surface area contributed by atoms with Crippen LogP contribution in [0.5, 0.6) is 0 Å². The van der Waals surface area contributed by atoms with Crippen LogP contribution >= 0.6 is 0 Å². The number of amides is 1. The molecule has 2 unspecified atom stereocenters. The minimum absolute atomic E-state index is 0.201. The zero-order valence-corrected chi connectivity index (χ0v) is 12.6. The van der Waals surface area contributed by atoms with E-state index in [9.17, 15) is 18.7 Å². The molecule has 1 saturated carbocycles. The SMILES string of the molecule is CC(NC(=O)OC(C)(C)C)C(O)C1CCC(F)(F)CC1. The molecular weight excluding hydrogens is 268 g/mol. The lowest BCUT2D eigenvalue weighted by atomic mass is 9.81. The van der Waals surface area contributed by atoms with Crippen molar-refractivity contribution in [2.45, 2.75) is 77.0 Å². The van der Waals surface area contributed by atoms with Crippen LogP contribution in [0.1, 0.15) is 53.4 Å². The van der Waals surface area contributed by atoms with Crippen LogP contribution in [-0.4, -0.2) is 34.9 Å². The standard InChI is InChI=1S/C14H25F2NO3/c1-9(17-12(19)20-13(2,3)4)11(18)10-5-7-14(15,16)8-6-10/h9-11,18H,5-8H2,1-4H3,(H,17,19). The molecule has 4 nitrogen and oxygen atoms in total. The number of aliphatic hydroxyl groups is 1. The maximum absolute atomic E-state index is 13.1. The smallest absolute Gasteiger partial charge is 0.407 e. The number of rotatable bonds is 3. The van der Waals surface area contributed by atoms with E-state index in [0.717, 1.165) is 0 Å². The Bertz CT molecular complexity index is 332. The monoisotopic (exact) mass is 293 g/mol. The predicted octanol–water partition coefficient (Wildman–Crippen LogP) is 3.09. The summed E-state index contributed by atoms with van der Waals surface area (Å²) in [6, 6.07) is -0.526. The summed E-state index contributed by atoms with van der Waals surface area (Å²) in [5, 5.41) is 12.7. The van der Waals surface area contributed by atoms with Crippen LogP contribution in [0, 0.1) is 5.92 Å². The molecule has 6 heteroatoms. The molecule has 1 aliphatic rings. The lowest BCUT2D eigenvalue weighted by molar-refractivity contribution is -0.0662. The van der Waals surface area contributed by atoms with E-state index in [-0.39, 0.29) is 31.6 Å². The van der Waals surface area contributed by atoms with E-state index in [1.54, 1.807) is 27.7 Å². The molecule has 118 valence electrons. The molecular formula is C14H25F2NO3. The van der Waals surface area contributed by atoms with Crippen molar-refractivity contribution in [3.63, 3.8) is 0 Å². The van der Waals surface area contributed by atoms with E-state index >= 15 is 0 Å². The van der Waals surface area contributed by atoms with E-state index < -0.39 is 29.8 Å². The highest BCUT2D eigenvalue weighted by molar-refractivity contribution is 5.68. The predicted molar refractivity (Wildman–Crippen MR) is 71.7 cm³/mol. The Balaban J connectivity index is 2.43. The van der Waals surface area contributed by atoms with Crippen molar-refractivity contribution < 1.29 is 23.4 Å². The first-order valence-electron chi connectivity index (χ1n) is 7.05. The van der Waals surface area contributed by atoms with Crippen LogP contribution in [0.4, 0.5) is 13.6 Å². The fourth-order valence-corrected chi connectivity index (χ4v) is 2.39. The van der Waals surface area contributed by atoms with Gasteiger partial charge in [-0.25, -0.2) is 13.6 Å². The number of ether oxygens (including phenoxy) is 1. The Morgan fingerprint density at radius 2 is 1.85 bits per heavy atom. The summed E-state index contributed by atoms with van der Waals surface area (Å²) in [4.78, 5) is 11.6. The highest BCUT2D eigenvalue weighted by Crippen LogP contribution is 2.37. The molecule has 1 amide bonds. The molecule has 0 saturated heterocycles. The van der Waals surface area contributed by atoms with Gasteiger partial charge in [0.1, 0.15) is 5.60 Å². The number of alkyl carbamates (subject to hydrolysis) is 1. The second kappa shape index (κ2) is 6.24. The number of halogens is 2. The van der Waals surface area contributed by atoms with E-state index in [0.29, 0.717) is 0 Å². The minimum atomic E-state index is -2.61. The van der Waals surface area contributed by atoms with Crippen molar-refractivity contribution in [3.05, 3.63) is 0 Å². The van der Waals surface area contributed by atoms with E-state index in [4.69, 9.17) is 4.74 Å². The average Bonchev–Trinajstić information content (AvgIpc) is 2.25. The number of carbonyl (C=O) groups excluding carboxylic acids is 1. The third-order valence-electron chi connectivity index (χ3n) is 3.50. The average molecular weight is 293 g/mol. The van der Waals surface area contributed by atoms with Crippen molar-refractivity contribution >= 4 is 6.09 Å². The zero-order valence-electron chi connectivity index (χ0n) is 12.6. The van der Waals surface area contributed by atoms with Crippen LogP contribution in [0.2, 0.25) is 0 Å². The van der Waals surface area contributed by atoms with Gasteiger partial charge < -0.3 is 15.2 Å². The van der Waals surface area contributed by atoms with Gasteiger partial charge in [0.15, 0.2) is 0 Å². The maximum atomic E-state index is 13.1. The molecule has 0 radical (unpaired) electrons. The largest absolute Gasteiger partial charge is 0.444 e. The first-order chi connectivity index (χ1) is 9.00. The third kappa shape index (κ3) is 5.61. The summed E-state index contributed by atoms with van der Waals surface area (Å²) in [5.74, 6) is -2.82. The summed E-state index contributed by atoms with van der Waals surface area (Å²) in [5.41, 5.74) is -0.609.